The maximum atomic E-state index is 12.9. The lowest BCUT2D eigenvalue weighted by atomic mass is 9.96. The second-order valence-corrected chi connectivity index (χ2v) is 9.26. The lowest BCUT2D eigenvalue weighted by Gasteiger charge is -2.32. The maximum Gasteiger partial charge on any atom is 0.266 e. The van der Waals surface area contributed by atoms with E-state index in [1.54, 1.807) is 12.0 Å². The molecule has 0 unspecified atom stereocenters. The normalized spacial score (nSPS) is 19.1. The number of amides is 2. The first-order valence-corrected chi connectivity index (χ1v) is 11.4. The monoisotopic (exact) mass is 456 g/mol. The van der Waals surface area contributed by atoms with Gasteiger partial charge in [0, 0.05) is 37.1 Å². The number of primary amides is 1. The van der Waals surface area contributed by atoms with Crippen molar-refractivity contribution in [3.05, 3.63) is 40.8 Å². The number of thioether (sulfide) groups is 1. The topological polar surface area (TPSA) is 88.8 Å². The molecule has 0 spiro atoms. The highest BCUT2D eigenvalue weighted by Gasteiger charge is 2.32. The number of nitrogens with zero attached hydrogens (tertiary/aromatic N) is 3. The summed E-state index contributed by atoms with van der Waals surface area (Å²) in [5.41, 5.74) is 7.24. The number of nitrogens with two attached hydrogens (primary N) is 1. The number of carbonyl (C=O) groups excluding carboxylic acids is 2. The molecule has 2 saturated heterocycles. The van der Waals surface area contributed by atoms with Crippen molar-refractivity contribution in [3.63, 3.8) is 0 Å². The second kappa shape index (κ2) is 9.33. The third-order valence-electron chi connectivity index (χ3n) is 5.61. The molecule has 2 N–H and O–H groups in total. The van der Waals surface area contributed by atoms with Crippen molar-refractivity contribution in [2.45, 2.75) is 12.8 Å². The van der Waals surface area contributed by atoms with Gasteiger partial charge in [-0.15, -0.1) is 0 Å². The highest BCUT2D eigenvalue weighted by Crippen LogP contribution is 2.35. The number of rotatable bonds is 6. The minimum atomic E-state index is -0.244. The van der Waals surface area contributed by atoms with Gasteiger partial charge in [-0.2, -0.15) is 0 Å². The molecule has 1 aromatic carbocycles. The number of hydrogen-bond donors (Lipinski definition) is 1. The van der Waals surface area contributed by atoms with E-state index < -0.39 is 0 Å². The predicted molar refractivity (Wildman–Crippen MR) is 128 cm³/mol. The van der Waals surface area contributed by atoms with Crippen LogP contribution in [0.25, 0.3) is 17.0 Å². The molecule has 31 heavy (non-hydrogen) atoms. The summed E-state index contributed by atoms with van der Waals surface area (Å²) in [7, 11) is 1.60. The number of fused-ring (bicyclic) bond motifs is 1. The summed E-state index contributed by atoms with van der Waals surface area (Å²) >= 11 is 6.70. The van der Waals surface area contributed by atoms with Gasteiger partial charge < -0.3 is 15.4 Å². The smallest absolute Gasteiger partial charge is 0.266 e. The van der Waals surface area contributed by atoms with Crippen LogP contribution in [0.1, 0.15) is 18.4 Å². The molecular formula is C22H24N4O3S2. The van der Waals surface area contributed by atoms with Crippen LogP contribution in [-0.4, -0.2) is 59.4 Å². The van der Waals surface area contributed by atoms with Crippen molar-refractivity contribution in [1.82, 2.24) is 9.88 Å². The lowest BCUT2D eigenvalue weighted by Crippen LogP contribution is -2.39. The fourth-order valence-electron chi connectivity index (χ4n) is 3.87. The number of para-hydroxylation sites is 1. The first-order valence-electron chi connectivity index (χ1n) is 10.2. The van der Waals surface area contributed by atoms with Gasteiger partial charge in [0.1, 0.15) is 10.1 Å². The summed E-state index contributed by atoms with van der Waals surface area (Å²) < 4.78 is 5.63. The lowest BCUT2D eigenvalue weighted by molar-refractivity contribution is -0.123. The van der Waals surface area contributed by atoms with Crippen LogP contribution in [0.5, 0.6) is 0 Å². The molecule has 2 aliphatic rings. The van der Waals surface area contributed by atoms with Crippen LogP contribution in [0.4, 0.5) is 5.82 Å². The summed E-state index contributed by atoms with van der Waals surface area (Å²) in [5.74, 6) is 0.352. The van der Waals surface area contributed by atoms with Crippen LogP contribution in [0.2, 0.25) is 0 Å². The average Bonchev–Trinajstić information content (AvgIpc) is 3.04. The number of ether oxygens (including phenoxy) is 1. The van der Waals surface area contributed by atoms with Gasteiger partial charge in [-0.05, 0) is 31.1 Å². The van der Waals surface area contributed by atoms with Gasteiger partial charge in [0.25, 0.3) is 5.91 Å². The first-order chi connectivity index (χ1) is 15.0. The molecule has 2 aliphatic heterocycles. The molecule has 162 valence electrons. The molecule has 2 fully saturated rings. The number of anilines is 1. The van der Waals surface area contributed by atoms with Gasteiger partial charge in [-0.3, -0.25) is 14.5 Å². The van der Waals surface area contributed by atoms with Crippen molar-refractivity contribution in [2.75, 3.05) is 38.3 Å². The Bertz CT molecular complexity index is 1060. The molecule has 0 bridgehead atoms. The Morgan fingerprint density at radius 1 is 1.35 bits per heavy atom. The number of piperidine rings is 1. The Morgan fingerprint density at radius 2 is 2.10 bits per heavy atom. The molecule has 0 saturated carbocycles. The number of methoxy groups -OCH3 is 1. The quantitative estimate of drug-likeness (QED) is 0.528. The number of benzene rings is 1. The molecule has 0 radical (unpaired) electrons. The zero-order chi connectivity index (χ0) is 22.0. The fourth-order valence-corrected chi connectivity index (χ4v) is 5.17. The standard InChI is InChI=1S/C22H24N4O3S2/c1-29-11-10-26-21(28)18(31-22(26)30)13-16-12-15-4-2-3-5-17(15)24-20(16)25-8-6-14(7-9-25)19(23)27/h2-5,12-14H,6-11H2,1H3,(H2,23,27)/b18-13-. The summed E-state index contributed by atoms with van der Waals surface area (Å²) in [6.45, 7) is 2.24. The Morgan fingerprint density at radius 3 is 2.81 bits per heavy atom. The Labute approximate surface area is 190 Å². The van der Waals surface area contributed by atoms with E-state index in [4.69, 9.17) is 27.7 Å². The summed E-state index contributed by atoms with van der Waals surface area (Å²) in [6, 6.07) is 9.96. The van der Waals surface area contributed by atoms with Crippen LogP contribution in [-0.2, 0) is 14.3 Å². The summed E-state index contributed by atoms with van der Waals surface area (Å²) in [5, 5.41) is 0.999. The molecule has 1 aromatic heterocycles. The molecule has 7 nitrogen and oxygen atoms in total. The SMILES string of the molecule is COCCN1C(=O)/C(=C/c2cc3ccccc3nc2N2CCC(C(N)=O)CC2)SC1=S. The van der Waals surface area contributed by atoms with Gasteiger partial charge in [-0.25, -0.2) is 4.98 Å². The van der Waals surface area contributed by atoms with Crippen molar-refractivity contribution in [2.24, 2.45) is 11.7 Å². The third-order valence-corrected chi connectivity index (χ3v) is 6.99. The van der Waals surface area contributed by atoms with Gasteiger partial charge in [0.2, 0.25) is 5.91 Å². The van der Waals surface area contributed by atoms with Gasteiger partial charge in [-0.1, -0.05) is 42.2 Å². The highest BCUT2D eigenvalue weighted by atomic mass is 32.2. The molecule has 3 heterocycles. The van der Waals surface area contributed by atoms with Gasteiger partial charge in [0.05, 0.1) is 23.6 Å². The van der Waals surface area contributed by atoms with Crippen molar-refractivity contribution >= 4 is 62.9 Å². The number of thiocarbonyl (C=S) groups is 1. The number of hydrogen-bond acceptors (Lipinski definition) is 7. The molecule has 2 amide bonds. The Balaban J connectivity index is 1.69. The summed E-state index contributed by atoms with van der Waals surface area (Å²) in [6.07, 6.45) is 3.27. The summed E-state index contributed by atoms with van der Waals surface area (Å²) in [4.78, 5) is 33.7. The number of aromatic nitrogens is 1. The van der Waals surface area contributed by atoms with E-state index in [0.29, 0.717) is 48.3 Å². The van der Waals surface area contributed by atoms with E-state index in [1.807, 2.05) is 30.3 Å². The minimum Gasteiger partial charge on any atom is -0.383 e. The highest BCUT2D eigenvalue weighted by molar-refractivity contribution is 8.26. The maximum absolute atomic E-state index is 12.9. The van der Waals surface area contributed by atoms with Crippen molar-refractivity contribution in [1.29, 1.82) is 0 Å². The van der Waals surface area contributed by atoms with Crippen molar-refractivity contribution < 1.29 is 14.3 Å². The van der Waals surface area contributed by atoms with Crippen LogP contribution in [0.15, 0.2) is 35.2 Å². The molecule has 2 aromatic rings. The van der Waals surface area contributed by atoms with Gasteiger partial charge in [0.15, 0.2) is 0 Å². The molecule has 0 atom stereocenters. The molecular weight excluding hydrogens is 432 g/mol. The van der Waals surface area contributed by atoms with E-state index >= 15 is 0 Å². The zero-order valence-corrected chi connectivity index (χ0v) is 18.9. The third kappa shape index (κ3) is 4.58. The Kier molecular flexibility index (Phi) is 6.54. The van der Waals surface area contributed by atoms with Crippen molar-refractivity contribution in [3.8, 4) is 0 Å². The number of carbonyl (C=O) groups is 2. The van der Waals surface area contributed by atoms with E-state index in [1.165, 1.54) is 11.8 Å². The van der Waals surface area contributed by atoms with Crippen LogP contribution >= 0.6 is 24.0 Å². The molecule has 0 aliphatic carbocycles. The van der Waals surface area contributed by atoms with E-state index in [0.717, 1.165) is 22.3 Å². The predicted octanol–water partition coefficient (Wildman–Crippen LogP) is 2.78. The average molecular weight is 457 g/mol. The van der Waals surface area contributed by atoms with E-state index in [2.05, 4.69) is 11.0 Å². The largest absolute Gasteiger partial charge is 0.383 e. The van der Waals surface area contributed by atoms with Gasteiger partial charge >= 0.3 is 0 Å². The first kappa shape index (κ1) is 21.7. The van der Waals surface area contributed by atoms with Crippen LogP contribution in [0.3, 0.4) is 0 Å². The van der Waals surface area contributed by atoms with Crippen LogP contribution in [0, 0.1) is 5.92 Å². The zero-order valence-electron chi connectivity index (χ0n) is 17.2. The second-order valence-electron chi connectivity index (χ2n) is 7.58. The van der Waals surface area contributed by atoms with Crippen LogP contribution < -0.4 is 10.6 Å². The Hall–Kier alpha value is -2.49. The fraction of sp³-hybridized carbons (Fsp3) is 0.364. The van der Waals surface area contributed by atoms with E-state index in [-0.39, 0.29) is 17.7 Å². The van der Waals surface area contributed by atoms with E-state index in [9.17, 15) is 9.59 Å². The number of pyridine rings is 1. The minimum absolute atomic E-state index is 0.0998. The molecule has 9 heteroatoms. The molecule has 4 rings (SSSR count).